The largest absolute Gasteiger partial charge is 0.368 e. The van der Waals surface area contributed by atoms with Crippen LogP contribution < -0.4 is 21.3 Å². The van der Waals surface area contributed by atoms with E-state index in [0.717, 1.165) is 60.6 Å². The van der Waals surface area contributed by atoms with Crippen LogP contribution in [-0.4, -0.2) is 58.0 Å². The predicted octanol–water partition coefficient (Wildman–Crippen LogP) is 1.85. The Kier molecular flexibility index (Phi) is 7.00. The van der Waals surface area contributed by atoms with Crippen molar-refractivity contribution in [3.63, 3.8) is 0 Å². The number of nitrogens with zero attached hydrogens (tertiary/aromatic N) is 4. The Labute approximate surface area is 193 Å². The fraction of sp³-hybridized carbons (Fsp3) is 0.417. The van der Waals surface area contributed by atoms with Crippen LogP contribution in [0.1, 0.15) is 42.4 Å². The summed E-state index contributed by atoms with van der Waals surface area (Å²) in [6, 6.07) is 7.76. The Hall–Kier alpha value is -3.30. The molecular weight excluding hydrogens is 418 g/mol. The lowest BCUT2D eigenvalue weighted by Gasteiger charge is -2.36. The van der Waals surface area contributed by atoms with Crippen LogP contribution in [0.5, 0.6) is 0 Å². The summed E-state index contributed by atoms with van der Waals surface area (Å²) in [5.74, 6) is -0.240. The first-order valence-electron chi connectivity index (χ1n) is 11.4. The van der Waals surface area contributed by atoms with Crippen LogP contribution in [0.15, 0.2) is 41.5 Å². The third-order valence-electron chi connectivity index (χ3n) is 5.81. The van der Waals surface area contributed by atoms with Crippen molar-refractivity contribution in [1.29, 1.82) is 0 Å². The zero-order valence-corrected chi connectivity index (χ0v) is 19.4. The molecule has 9 heteroatoms. The van der Waals surface area contributed by atoms with Crippen LogP contribution in [0.2, 0.25) is 0 Å². The molecule has 3 N–H and O–H groups in total. The maximum absolute atomic E-state index is 12.1. The molecule has 0 saturated carbocycles. The number of hydrogen-bond donors (Lipinski definition) is 3. The van der Waals surface area contributed by atoms with E-state index in [-0.39, 0.29) is 17.5 Å². The van der Waals surface area contributed by atoms with Gasteiger partial charge in [0.15, 0.2) is 0 Å². The summed E-state index contributed by atoms with van der Waals surface area (Å²) in [5, 5.41) is 0. The van der Waals surface area contributed by atoms with Crippen molar-refractivity contribution in [3.05, 3.63) is 63.8 Å². The first-order chi connectivity index (χ1) is 15.9. The number of carbonyl (C=O) groups excluding carboxylic acids is 1. The van der Waals surface area contributed by atoms with E-state index in [4.69, 9.17) is 0 Å². The van der Waals surface area contributed by atoms with Crippen LogP contribution in [0, 0.1) is 0 Å². The fourth-order valence-electron chi connectivity index (χ4n) is 3.92. The van der Waals surface area contributed by atoms with Crippen LogP contribution >= 0.6 is 0 Å². The molecule has 0 unspecified atom stereocenters. The molecule has 3 aromatic heterocycles. The number of nitrogens with one attached hydrogen (secondary N) is 3. The molecule has 0 atom stereocenters. The van der Waals surface area contributed by atoms with E-state index in [1.165, 1.54) is 0 Å². The Morgan fingerprint density at radius 3 is 2.58 bits per heavy atom. The number of fused-ring (bicyclic) bond motifs is 1. The SMILES string of the molecule is CCc1cc2ncc(CN3CCN(c4ccc(C(=O)NNC(C)C)nc4)CC3)cc2[nH]c1=O. The van der Waals surface area contributed by atoms with Crippen molar-refractivity contribution in [2.24, 2.45) is 0 Å². The Morgan fingerprint density at radius 1 is 1.12 bits per heavy atom. The van der Waals surface area contributed by atoms with Gasteiger partial charge in [-0.1, -0.05) is 6.92 Å². The van der Waals surface area contributed by atoms with Crippen molar-refractivity contribution >= 4 is 22.6 Å². The number of aromatic amines is 1. The minimum absolute atomic E-state index is 0.0362. The van der Waals surface area contributed by atoms with Gasteiger partial charge >= 0.3 is 0 Å². The monoisotopic (exact) mass is 449 g/mol. The second kappa shape index (κ2) is 10.1. The molecule has 4 heterocycles. The molecule has 0 radical (unpaired) electrons. The number of anilines is 1. The molecule has 0 aliphatic carbocycles. The van der Waals surface area contributed by atoms with Crippen LogP contribution in [-0.2, 0) is 13.0 Å². The highest BCUT2D eigenvalue weighted by Crippen LogP contribution is 2.18. The zero-order chi connectivity index (χ0) is 23.4. The van der Waals surface area contributed by atoms with Crippen LogP contribution in [0.3, 0.4) is 0 Å². The maximum Gasteiger partial charge on any atom is 0.283 e. The van der Waals surface area contributed by atoms with Gasteiger partial charge in [-0.15, -0.1) is 0 Å². The Bertz CT molecular complexity index is 1170. The standard InChI is InChI=1S/C24H31N7O2/c1-4-18-12-21-22(27-23(18)32)11-17(13-25-21)15-30-7-9-31(10-8-30)19-5-6-20(26-14-19)24(33)29-28-16(2)3/h5-6,11-14,16,28H,4,7-10,15H2,1-3H3,(H,27,32)(H,29,33). The summed E-state index contributed by atoms with van der Waals surface area (Å²) in [7, 11) is 0. The van der Waals surface area contributed by atoms with Gasteiger partial charge in [0.05, 0.1) is 22.9 Å². The summed E-state index contributed by atoms with van der Waals surface area (Å²) in [6.45, 7) is 10.2. The summed E-state index contributed by atoms with van der Waals surface area (Å²) in [4.78, 5) is 40.7. The molecule has 0 bridgehead atoms. The number of H-pyrrole nitrogens is 1. The number of aryl methyl sites for hydroxylation is 1. The number of carbonyl (C=O) groups is 1. The number of aromatic nitrogens is 3. The second-order valence-electron chi connectivity index (χ2n) is 8.67. The highest BCUT2D eigenvalue weighted by Gasteiger charge is 2.18. The highest BCUT2D eigenvalue weighted by atomic mass is 16.2. The fourth-order valence-corrected chi connectivity index (χ4v) is 3.92. The number of hydrazine groups is 1. The van der Waals surface area contributed by atoms with E-state index in [1.807, 2.05) is 45.2 Å². The van der Waals surface area contributed by atoms with Crippen molar-refractivity contribution < 1.29 is 4.79 Å². The molecule has 1 amide bonds. The molecule has 4 rings (SSSR count). The summed E-state index contributed by atoms with van der Waals surface area (Å²) < 4.78 is 0. The topological polar surface area (TPSA) is 106 Å². The number of hydrogen-bond acceptors (Lipinski definition) is 7. The van der Waals surface area contributed by atoms with Crippen molar-refractivity contribution in [2.75, 3.05) is 31.1 Å². The molecule has 33 heavy (non-hydrogen) atoms. The lowest BCUT2D eigenvalue weighted by Crippen LogP contribution is -2.46. The van der Waals surface area contributed by atoms with Gasteiger partial charge in [0.2, 0.25) is 0 Å². The van der Waals surface area contributed by atoms with E-state index in [1.54, 1.807) is 12.3 Å². The van der Waals surface area contributed by atoms with Gasteiger partial charge in [-0.05, 0) is 50.1 Å². The molecule has 174 valence electrons. The Balaban J connectivity index is 1.33. The van der Waals surface area contributed by atoms with Gasteiger partial charge < -0.3 is 9.88 Å². The lowest BCUT2D eigenvalue weighted by atomic mass is 10.1. The molecule has 1 aliphatic heterocycles. The molecule has 3 aromatic rings. The molecule has 1 aliphatic rings. The number of pyridine rings is 3. The van der Waals surface area contributed by atoms with E-state index in [2.05, 4.69) is 35.6 Å². The normalized spacial score (nSPS) is 14.7. The van der Waals surface area contributed by atoms with Gasteiger partial charge in [-0.2, -0.15) is 0 Å². The molecule has 9 nitrogen and oxygen atoms in total. The predicted molar refractivity (Wildman–Crippen MR) is 129 cm³/mol. The van der Waals surface area contributed by atoms with E-state index in [9.17, 15) is 9.59 Å². The summed E-state index contributed by atoms with van der Waals surface area (Å²) in [5.41, 5.74) is 10.4. The highest BCUT2D eigenvalue weighted by molar-refractivity contribution is 5.92. The minimum atomic E-state index is -0.240. The first kappa shape index (κ1) is 22.9. The average molecular weight is 450 g/mol. The third-order valence-corrected chi connectivity index (χ3v) is 5.81. The molecule has 0 spiro atoms. The van der Waals surface area contributed by atoms with Gasteiger partial charge in [0, 0.05) is 50.5 Å². The molecule has 1 fully saturated rings. The average Bonchev–Trinajstić information content (AvgIpc) is 2.82. The van der Waals surface area contributed by atoms with Crippen LogP contribution in [0.4, 0.5) is 5.69 Å². The summed E-state index contributed by atoms with van der Waals surface area (Å²) >= 11 is 0. The number of amides is 1. The van der Waals surface area contributed by atoms with Gasteiger partial charge in [-0.3, -0.25) is 24.9 Å². The van der Waals surface area contributed by atoms with Crippen molar-refractivity contribution in [3.8, 4) is 0 Å². The first-order valence-corrected chi connectivity index (χ1v) is 11.4. The van der Waals surface area contributed by atoms with Crippen LogP contribution in [0.25, 0.3) is 11.0 Å². The number of piperazine rings is 1. The summed E-state index contributed by atoms with van der Waals surface area (Å²) in [6.07, 6.45) is 4.35. The molecule has 1 saturated heterocycles. The van der Waals surface area contributed by atoms with E-state index in [0.29, 0.717) is 12.1 Å². The molecular formula is C24H31N7O2. The van der Waals surface area contributed by atoms with Crippen molar-refractivity contribution in [1.82, 2.24) is 30.7 Å². The van der Waals surface area contributed by atoms with E-state index >= 15 is 0 Å². The Morgan fingerprint density at radius 2 is 1.91 bits per heavy atom. The quantitative estimate of drug-likeness (QED) is 0.473. The molecule has 0 aromatic carbocycles. The minimum Gasteiger partial charge on any atom is -0.368 e. The number of rotatable bonds is 7. The van der Waals surface area contributed by atoms with Crippen molar-refractivity contribution in [2.45, 2.75) is 39.8 Å². The van der Waals surface area contributed by atoms with Gasteiger partial charge in [0.25, 0.3) is 11.5 Å². The smallest absolute Gasteiger partial charge is 0.283 e. The maximum atomic E-state index is 12.1. The zero-order valence-electron chi connectivity index (χ0n) is 19.4. The lowest BCUT2D eigenvalue weighted by molar-refractivity contribution is 0.0922. The van der Waals surface area contributed by atoms with E-state index < -0.39 is 0 Å². The van der Waals surface area contributed by atoms with Gasteiger partial charge in [0.1, 0.15) is 5.69 Å². The third kappa shape index (κ3) is 5.55. The van der Waals surface area contributed by atoms with Gasteiger partial charge in [-0.25, -0.2) is 10.4 Å². The second-order valence-corrected chi connectivity index (χ2v) is 8.67.